The molecule has 2 nitrogen and oxygen atoms in total. The van der Waals surface area contributed by atoms with Crippen LogP contribution in [0.5, 0.6) is 0 Å². The van der Waals surface area contributed by atoms with Crippen LogP contribution in [0.25, 0.3) is 0 Å². The number of aromatic nitrogens is 1. The summed E-state index contributed by atoms with van der Waals surface area (Å²) < 4.78 is 0. The summed E-state index contributed by atoms with van der Waals surface area (Å²) in [4.78, 5) is 18.0. The lowest BCUT2D eigenvalue weighted by molar-refractivity contribution is -0.132. The molecular formula is C26H37NOS. The number of carbonyl (C=O) groups is 1. The van der Waals surface area contributed by atoms with Crippen molar-refractivity contribution in [2.45, 2.75) is 88.7 Å². The van der Waals surface area contributed by atoms with Gasteiger partial charge in [-0.25, -0.2) is 0 Å². The van der Waals surface area contributed by atoms with Crippen molar-refractivity contribution >= 4 is 17.5 Å². The van der Waals surface area contributed by atoms with E-state index in [1.807, 2.05) is 19.3 Å². The number of nitrogens with zero attached hydrogens (tertiary/aromatic N) is 1. The highest BCUT2D eigenvalue weighted by Crippen LogP contribution is 2.68. The fourth-order valence-electron chi connectivity index (χ4n) is 8.72. The van der Waals surface area contributed by atoms with Crippen molar-refractivity contribution in [2.24, 2.45) is 40.4 Å². The maximum atomic E-state index is 12.4. The number of fused-ring (bicyclic) bond motifs is 5. The molecule has 1 unspecified atom stereocenters. The van der Waals surface area contributed by atoms with Crippen molar-refractivity contribution in [3.8, 4) is 0 Å². The molecule has 4 aliphatic rings. The normalized spacial score (nSPS) is 46.4. The van der Waals surface area contributed by atoms with Crippen LogP contribution in [-0.2, 0) is 4.79 Å². The summed E-state index contributed by atoms with van der Waals surface area (Å²) in [7, 11) is 0. The van der Waals surface area contributed by atoms with Gasteiger partial charge in [-0.05, 0) is 105 Å². The summed E-state index contributed by atoms with van der Waals surface area (Å²) in [5, 5.41) is 0.728. The smallest absolute Gasteiger partial charge is 0.133 e. The molecule has 0 radical (unpaired) electrons. The second kappa shape index (κ2) is 7.39. The van der Waals surface area contributed by atoms with Crippen LogP contribution in [0.1, 0.15) is 78.6 Å². The minimum absolute atomic E-state index is 0.276. The highest BCUT2D eigenvalue weighted by molar-refractivity contribution is 8.00. The predicted octanol–water partition coefficient (Wildman–Crippen LogP) is 6.79. The predicted molar refractivity (Wildman–Crippen MR) is 120 cm³/mol. The van der Waals surface area contributed by atoms with E-state index in [-0.39, 0.29) is 5.41 Å². The van der Waals surface area contributed by atoms with Gasteiger partial charge in [-0.3, -0.25) is 9.78 Å². The molecule has 4 fully saturated rings. The number of Topliss-reactive ketones (excluding diaryl/α,β-unsaturated/α-hetero) is 1. The first-order valence-electron chi connectivity index (χ1n) is 12.0. The summed E-state index contributed by atoms with van der Waals surface area (Å²) in [6.07, 6.45) is 16.0. The molecule has 158 valence electrons. The van der Waals surface area contributed by atoms with Gasteiger partial charge in [0.1, 0.15) is 5.78 Å². The molecule has 0 N–H and O–H groups in total. The van der Waals surface area contributed by atoms with Crippen LogP contribution in [0, 0.1) is 40.4 Å². The van der Waals surface area contributed by atoms with Crippen molar-refractivity contribution in [1.82, 2.24) is 4.98 Å². The molecule has 0 aliphatic heterocycles. The van der Waals surface area contributed by atoms with Crippen LogP contribution in [0.3, 0.4) is 0 Å². The zero-order chi connectivity index (χ0) is 20.2. The van der Waals surface area contributed by atoms with Gasteiger partial charge in [-0.1, -0.05) is 20.3 Å². The molecule has 0 bridgehead atoms. The Kier molecular flexibility index (Phi) is 5.12. The third-order valence-electron chi connectivity index (χ3n) is 10.1. The molecule has 29 heavy (non-hydrogen) atoms. The van der Waals surface area contributed by atoms with E-state index < -0.39 is 0 Å². The van der Waals surface area contributed by atoms with Crippen molar-refractivity contribution < 1.29 is 4.79 Å². The first kappa shape index (κ1) is 20.1. The van der Waals surface area contributed by atoms with Gasteiger partial charge in [0.05, 0.1) is 0 Å². The molecule has 0 saturated heterocycles. The second-order valence-corrected chi connectivity index (χ2v) is 12.3. The van der Waals surface area contributed by atoms with Crippen LogP contribution in [-0.4, -0.2) is 16.0 Å². The molecule has 1 aromatic rings. The average molecular weight is 412 g/mol. The standard InChI is InChI=1S/C26H37NOS/c1-17(28)21-9-10-22-20-8-7-18-5-4-6-24(29-19-12-15-27-16-13-19)26(18,3)23(20)11-14-25(21,22)2/h12-13,15-16,18,20-24H,4-11,14H2,1-3H3/t18-,20+,21-,22+,23+,24?,25-,26+/m1/s1. The van der Waals surface area contributed by atoms with E-state index in [0.717, 1.165) is 35.3 Å². The van der Waals surface area contributed by atoms with E-state index in [2.05, 4.69) is 42.7 Å². The lowest BCUT2D eigenvalue weighted by atomic mass is 9.44. The Morgan fingerprint density at radius 3 is 2.55 bits per heavy atom. The number of pyridine rings is 1. The number of rotatable bonds is 3. The van der Waals surface area contributed by atoms with E-state index in [9.17, 15) is 4.79 Å². The zero-order valence-corrected chi connectivity index (χ0v) is 19.2. The Labute approximate surface area is 181 Å². The highest BCUT2D eigenvalue weighted by atomic mass is 32.2. The van der Waals surface area contributed by atoms with E-state index in [4.69, 9.17) is 0 Å². The van der Waals surface area contributed by atoms with E-state index in [0.29, 0.717) is 17.1 Å². The average Bonchev–Trinajstić information content (AvgIpc) is 3.07. The Bertz CT molecular complexity index is 765. The lowest BCUT2D eigenvalue weighted by Crippen LogP contribution is -2.57. The zero-order valence-electron chi connectivity index (χ0n) is 18.4. The minimum atomic E-state index is 0.276. The Morgan fingerprint density at radius 1 is 1.00 bits per heavy atom. The van der Waals surface area contributed by atoms with Crippen LogP contribution in [0.4, 0.5) is 0 Å². The Balaban J connectivity index is 1.45. The molecular weight excluding hydrogens is 374 g/mol. The summed E-state index contributed by atoms with van der Waals surface area (Å²) in [5.41, 5.74) is 0.726. The van der Waals surface area contributed by atoms with Gasteiger partial charge in [-0.15, -0.1) is 11.8 Å². The minimum Gasteiger partial charge on any atom is -0.300 e. The van der Waals surface area contributed by atoms with Crippen molar-refractivity contribution in [2.75, 3.05) is 0 Å². The van der Waals surface area contributed by atoms with Crippen molar-refractivity contribution in [3.05, 3.63) is 24.5 Å². The Hall–Kier alpha value is -0.830. The molecule has 0 aromatic carbocycles. The number of ketones is 1. The van der Waals surface area contributed by atoms with Gasteiger partial charge < -0.3 is 0 Å². The molecule has 0 spiro atoms. The monoisotopic (exact) mass is 411 g/mol. The molecule has 1 heterocycles. The largest absolute Gasteiger partial charge is 0.300 e. The first-order chi connectivity index (χ1) is 13.9. The Morgan fingerprint density at radius 2 is 1.79 bits per heavy atom. The van der Waals surface area contributed by atoms with Gasteiger partial charge in [-0.2, -0.15) is 0 Å². The molecule has 3 heteroatoms. The van der Waals surface area contributed by atoms with E-state index in [1.165, 1.54) is 56.3 Å². The topological polar surface area (TPSA) is 30.0 Å². The van der Waals surface area contributed by atoms with Crippen molar-refractivity contribution in [1.29, 1.82) is 0 Å². The van der Waals surface area contributed by atoms with Crippen LogP contribution in [0.15, 0.2) is 29.4 Å². The number of carbonyl (C=O) groups excluding carboxylic acids is 1. The van der Waals surface area contributed by atoms with Gasteiger partial charge in [0.15, 0.2) is 0 Å². The summed E-state index contributed by atoms with van der Waals surface area (Å²) in [5.74, 6) is 4.15. The summed E-state index contributed by atoms with van der Waals surface area (Å²) >= 11 is 2.14. The van der Waals surface area contributed by atoms with Crippen molar-refractivity contribution in [3.63, 3.8) is 0 Å². The van der Waals surface area contributed by atoms with E-state index >= 15 is 0 Å². The number of thioether (sulfide) groups is 1. The van der Waals surface area contributed by atoms with Gasteiger partial charge in [0.2, 0.25) is 0 Å². The molecule has 0 amide bonds. The number of hydrogen-bond donors (Lipinski definition) is 0. The molecule has 4 saturated carbocycles. The number of hydrogen-bond acceptors (Lipinski definition) is 3. The molecule has 1 aromatic heterocycles. The molecule has 4 aliphatic carbocycles. The molecule has 5 rings (SSSR count). The summed E-state index contributed by atoms with van der Waals surface area (Å²) in [6, 6.07) is 4.40. The highest BCUT2D eigenvalue weighted by Gasteiger charge is 2.62. The van der Waals surface area contributed by atoms with Crippen LogP contribution in [0.2, 0.25) is 0 Å². The fourth-order valence-corrected chi connectivity index (χ4v) is 10.2. The second-order valence-electron chi connectivity index (χ2n) is 11.0. The summed E-state index contributed by atoms with van der Waals surface area (Å²) in [6.45, 7) is 7.00. The first-order valence-corrected chi connectivity index (χ1v) is 12.9. The quantitative estimate of drug-likeness (QED) is 0.548. The maximum Gasteiger partial charge on any atom is 0.133 e. The van der Waals surface area contributed by atoms with Gasteiger partial charge in [0.25, 0.3) is 0 Å². The van der Waals surface area contributed by atoms with Crippen LogP contribution < -0.4 is 0 Å². The molecule has 8 atom stereocenters. The SMILES string of the molecule is CC(=O)[C@H]1CC[C@H]2[C@@H]3CC[C@H]4CCCC(Sc5ccncc5)[C@]4(C)[C@H]3CC[C@]12C. The van der Waals surface area contributed by atoms with E-state index in [1.54, 1.807) is 0 Å². The maximum absolute atomic E-state index is 12.4. The third kappa shape index (κ3) is 3.05. The van der Waals surface area contributed by atoms with Gasteiger partial charge >= 0.3 is 0 Å². The van der Waals surface area contributed by atoms with Crippen LogP contribution >= 0.6 is 11.8 Å². The fraction of sp³-hybridized carbons (Fsp3) is 0.769. The van der Waals surface area contributed by atoms with Gasteiger partial charge in [0, 0.05) is 28.5 Å². The third-order valence-corrected chi connectivity index (χ3v) is 11.7. The lowest BCUT2D eigenvalue weighted by Gasteiger charge is -2.62.